The molecule has 0 atom stereocenters. The van der Waals surface area contributed by atoms with Crippen LogP contribution in [0.25, 0.3) is 0 Å². The number of phenolic OH excluding ortho intramolecular Hbond substituents is 1. The average Bonchev–Trinajstić information content (AvgIpc) is 2.63. The standard InChI is InChI=1S/C21H36O7S2/c1-2-3-4-5-6-7-8-9-10-11-12-13-14-15-18-16-19(22)21(30(26,27)28)17-20(18)29(23,24)25/h16-17,22H,2-15H2,1H3,(H,23,24,25)(H,26,27,28). The van der Waals surface area contributed by atoms with E-state index >= 15 is 0 Å². The highest BCUT2D eigenvalue weighted by molar-refractivity contribution is 7.86. The maximum Gasteiger partial charge on any atom is 0.298 e. The van der Waals surface area contributed by atoms with Gasteiger partial charge in [-0.25, -0.2) is 0 Å². The summed E-state index contributed by atoms with van der Waals surface area (Å²) in [5, 5.41) is 9.81. The molecule has 30 heavy (non-hydrogen) atoms. The van der Waals surface area contributed by atoms with E-state index in [0.29, 0.717) is 12.5 Å². The zero-order valence-corrected chi connectivity index (χ0v) is 19.5. The lowest BCUT2D eigenvalue weighted by atomic mass is 10.0. The second-order valence-corrected chi connectivity index (χ2v) is 10.7. The first-order chi connectivity index (χ1) is 14.1. The number of phenols is 1. The second kappa shape index (κ2) is 13.3. The van der Waals surface area contributed by atoms with Crippen LogP contribution in [0, 0.1) is 0 Å². The number of unbranched alkanes of at least 4 members (excludes halogenated alkanes) is 12. The molecule has 7 nitrogen and oxygen atoms in total. The van der Waals surface area contributed by atoms with Gasteiger partial charge in [-0.3, -0.25) is 9.11 Å². The quantitative estimate of drug-likeness (QED) is 0.217. The maximum atomic E-state index is 11.6. The fourth-order valence-electron chi connectivity index (χ4n) is 3.57. The van der Waals surface area contributed by atoms with E-state index in [-0.39, 0.29) is 12.0 Å². The van der Waals surface area contributed by atoms with Crippen molar-refractivity contribution in [1.82, 2.24) is 0 Å². The molecule has 9 heteroatoms. The van der Waals surface area contributed by atoms with Gasteiger partial charge < -0.3 is 5.11 Å². The Balaban J connectivity index is 2.37. The summed E-state index contributed by atoms with van der Waals surface area (Å²) < 4.78 is 64.1. The fourth-order valence-corrected chi connectivity index (χ4v) is 4.99. The molecule has 0 heterocycles. The number of benzene rings is 1. The van der Waals surface area contributed by atoms with Gasteiger partial charge in [-0.2, -0.15) is 16.8 Å². The van der Waals surface area contributed by atoms with E-state index in [9.17, 15) is 26.5 Å². The first-order valence-corrected chi connectivity index (χ1v) is 13.8. The molecule has 174 valence electrons. The van der Waals surface area contributed by atoms with Crippen molar-refractivity contribution in [2.24, 2.45) is 0 Å². The van der Waals surface area contributed by atoms with Crippen LogP contribution in [0.1, 0.15) is 96.0 Å². The highest BCUT2D eigenvalue weighted by Gasteiger charge is 2.24. The van der Waals surface area contributed by atoms with Crippen molar-refractivity contribution in [3.8, 4) is 5.75 Å². The molecule has 0 bridgehead atoms. The summed E-state index contributed by atoms with van der Waals surface area (Å²) in [5.41, 5.74) is 0.130. The van der Waals surface area contributed by atoms with E-state index < -0.39 is 35.8 Å². The molecular weight excluding hydrogens is 428 g/mol. The SMILES string of the molecule is CCCCCCCCCCCCCCCc1cc(O)c(S(=O)(=O)O)cc1S(=O)(=O)O. The van der Waals surface area contributed by atoms with Crippen molar-refractivity contribution in [2.45, 2.75) is 107 Å². The van der Waals surface area contributed by atoms with E-state index in [1.54, 1.807) is 0 Å². The molecule has 0 saturated heterocycles. The summed E-state index contributed by atoms with van der Waals surface area (Å²) in [6.07, 6.45) is 15.4. The zero-order valence-electron chi connectivity index (χ0n) is 17.8. The molecule has 0 amide bonds. The van der Waals surface area contributed by atoms with Crippen molar-refractivity contribution in [3.05, 3.63) is 17.7 Å². The number of rotatable bonds is 16. The lowest BCUT2D eigenvalue weighted by Gasteiger charge is -2.10. The largest absolute Gasteiger partial charge is 0.506 e. The molecule has 1 rings (SSSR count). The number of hydrogen-bond acceptors (Lipinski definition) is 5. The molecule has 3 N–H and O–H groups in total. The van der Waals surface area contributed by atoms with Crippen LogP contribution in [0.3, 0.4) is 0 Å². The van der Waals surface area contributed by atoms with E-state index in [1.807, 2.05) is 0 Å². The lowest BCUT2D eigenvalue weighted by Crippen LogP contribution is -2.07. The predicted octanol–water partition coefficient (Wildman–Crippen LogP) is 5.52. The van der Waals surface area contributed by atoms with Crippen molar-refractivity contribution >= 4 is 20.2 Å². The summed E-state index contributed by atoms with van der Waals surface area (Å²) in [6, 6.07) is 1.57. The zero-order chi connectivity index (χ0) is 22.6. The van der Waals surface area contributed by atoms with Gasteiger partial charge in [0, 0.05) is 0 Å². The van der Waals surface area contributed by atoms with Gasteiger partial charge in [0.1, 0.15) is 10.6 Å². The minimum atomic E-state index is -4.81. The van der Waals surface area contributed by atoms with Gasteiger partial charge in [0.2, 0.25) is 0 Å². The summed E-state index contributed by atoms with van der Waals surface area (Å²) in [6.45, 7) is 2.22. The molecule has 1 aromatic rings. The molecule has 0 aliphatic carbocycles. The highest BCUT2D eigenvalue weighted by atomic mass is 32.2. The third-order valence-corrected chi connectivity index (χ3v) is 7.07. The Bertz CT molecular complexity index is 846. The molecule has 0 spiro atoms. The summed E-state index contributed by atoms with van der Waals surface area (Å²) >= 11 is 0. The molecule has 1 aromatic carbocycles. The molecule has 0 radical (unpaired) electrons. The van der Waals surface area contributed by atoms with Crippen molar-refractivity contribution in [3.63, 3.8) is 0 Å². The Hall–Kier alpha value is -1.16. The monoisotopic (exact) mass is 464 g/mol. The van der Waals surface area contributed by atoms with Crippen molar-refractivity contribution in [1.29, 1.82) is 0 Å². The third kappa shape index (κ3) is 10.2. The maximum absolute atomic E-state index is 11.6. The second-order valence-electron chi connectivity index (χ2n) is 7.87. The van der Waals surface area contributed by atoms with Gasteiger partial charge >= 0.3 is 0 Å². The first-order valence-electron chi connectivity index (χ1n) is 10.9. The number of aromatic hydroxyl groups is 1. The van der Waals surface area contributed by atoms with Gasteiger partial charge in [0.15, 0.2) is 0 Å². The van der Waals surface area contributed by atoms with Gasteiger partial charge in [-0.15, -0.1) is 0 Å². The Morgan fingerprint density at radius 1 is 0.633 bits per heavy atom. The van der Waals surface area contributed by atoms with Crippen LogP contribution in [0.4, 0.5) is 0 Å². The molecule has 0 aliphatic heterocycles. The van der Waals surface area contributed by atoms with Crippen LogP contribution in [0.2, 0.25) is 0 Å². The average molecular weight is 465 g/mol. The van der Waals surface area contributed by atoms with E-state index in [1.165, 1.54) is 57.8 Å². The normalized spacial score (nSPS) is 12.4. The minimum Gasteiger partial charge on any atom is -0.506 e. The van der Waals surface area contributed by atoms with Crippen LogP contribution in [0.5, 0.6) is 5.75 Å². The van der Waals surface area contributed by atoms with E-state index in [4.69, 9.17) is 4.55 Å². The van der Waals surface area contributed by atoms with Crippen molar-refractivity contribution < 1.29 is 31.0 Å². The summed E-state index contributed by atoms with van der Waals surface area (Å²) in [7, 11) is -9.49. The lowest BCUT2D eigenvalue weighted by molar-refractivity contribution is 0.440. The molecule has 0 unspecified atom stereocenters. The number of hydrogen-bond donors (Lipinski definition) is 3. The Morgan fingerprint density at radius 2 is 1.03 bits per heavy atom. The van der Waals surface area contributed by atoms with Crippen LogP contribution in [0.15, 0.2) is 21.9 Å². The molecular formula is C21H36O7S2. The molecule has 0 fully saturated rings. The number of aryl methyl sites for hydroxylation is 1. The summed E-state index contributed by atoms with van der Waals surface area (Å²) in [4.78, 5) is -1.55. The van der Waals surface area contributed by atoms with Crippen LogP contribution >= 0.6 is 0 Å². The first kappa shape index (κ1) is 26.9. The van der Waals surface area contributed by atoms with Gasteiger partial charge in [0.25, 0.3) is 20.2 Å². The minimum absolute atomic E-state index is 0.130. The highest BCUT2D eigenvalue weighted by Crippen LogP contribution is 2.30. The Labute approximate surface area is 181 Å². The van der Waals surface area contributed by atoms with Crippen molar-refractivity contribution in [2.75, 3.05) is 0 Å². The Morgan fingerprint density at radius 3 is 1.43 bits per heavy atom. The smallest absolute Gasteiger partial charge is 0.298 e. The predicted molar refractivity (Wildman–Crippen MR) is 117 cm³/mol. The third-order valence-electron chi connectivity index (χ3n) is 5.25. The van der Waals surface area contributed by atoms with Crippen LogP contribution < -0.4 is 0 Å². The van der Waals surface area contributed by atoms with Gasteiger partial charge in [-0.1, -0.05) is 84.0 Å². The van der Waals surface area contributed by atoms with Gasteiger partial charge in [-0.05, 0) is 30.5 Å². The molecule has 0 aliphatic rings. The van der Waals surface area contributed by atoms with E-state index in [0.717, 1.165) is 25.3 Å². The van der Waals surface area contributed by atoms with Crippen LogP contribution in [-0.4, -0.2) is 31.0 Å². The summed E-state index contributed by atoms with van der Waals surface area (Å²) in [5.74, 6) is -0.741. The molecule has 0 saturated carbocycles. The fraction of sp³-hybridized carbons (Fsp3) is 0.714. The van der Waals surface area contributed by atoms with Gasteiger partial charge in [0.05, 0.1) is 4.90 Å². The van der Waals surface area contributed by atoms with E-state index in [2.05, 4.69) is 6.92 Å². The Kier molecular flexibility index (Phi) is 11.9. The molecule has 0 aromatic heterocycles. The van der Waals surface area contributed by atoms with Crippen LogP contribution in [-0.2, 0) is 26.7 Å². The topological polar surface area (TPSA) is 129 Å².